The molecule has 3 saturated carbocycles. The number of halogens is 1. The summed E-state index contributed by atoms with van der Waals surface area (Å²) in [5.74, 6) is -2.12. The van der Waals surface area contributed by atoms with Crippen molar-refractivity contribution in [2.45, 2.75) is 97.9 Å². The molecule has 9 nitrogen and oxygen atoms in total. The van der Waals surface area contributed by atoms with Crippen molar-refractivity contribution in [2.75, 3.05) is 18.6 Å². The van der Waals surface area contributed by atoms with Crippen LogP contribution < -0.4 is 10.1 Å². The fourth-order valence-corrected chi connectivity index (χ4v) is 6.99. The lowest BCUT2D eigenvalue weighted by molar-refractivity contribution is -0.199. The van der Waals surface area contributed by atoms with Gasteiger partial charge in [-0.15, -0.1) is 0 Å². The van der Waals surface area contributed by atoms with Gasteiger partial charge in [-0.3, -0.25) is 4.79 Å². The Morgan fingerprint density at radius 1 is 1.19 bits per heavy atom. The molecule has 1 saturated heterocycles. The highest BCUT2D eigenvalue weighted by atomic mass is 32.2. The Balaban J connectivity index is 1.69. The first-order valence-electron chi connectivity index (χ1n) is 15.0. The number of amides is 1. The summed E-state index contributed by atoms with van der Waals surface area (Å²) in [6.07, 6.45) is 2.53. The van der Waals surface area contributed by atoms with E-state index in [0.29, 0.717) is 11.8 Å². The third kappa shape index (κ3) is 7.17. The molecule has 0 aromatic heterocycles. The largest absolute Gasteiger partial charge is 0.514 e. The predicted molar refractivity (Wildman–Crippen MR) is 163 cm³/mol. The van der Waals surface area contributed by atoms with E-state index in [9.17, 15) is 14.4 Å². The summed E-state index contributed by atoms with van der Waals surface area (Å²) in [4.78, 5) is 38.8. The van der Waals surface area contributed by atoms with Crippen molar-refractivity contribution in [3.05, 3.63) is 29.1 Å². The third-order valence-electron chi connectivity index (χ3n) is 8.87. The first-order valence-corrected chi connectivity index (χ1v) is 16.4. The van der Waals surface area contributed by atoms with Gasteiger partial charge in [0.1, 0.15) is 17.0 Å². The molecule has 1 heterocycles. The van der Waals surface area contributed by atoms with Gasteiger partial charge in [0.05, 0.1) is 30.0 Å². The average Bonchev–Trinajstić information content (AvgIpc) is 3.24. The van der Waals surface area contributed by atoms with Crippen LogP contribution in [0.25, 0.3) is 0 Å². The van der Waals surface area contributed by atoms with E-state index in [1.54, 1.807) is 20.8 Å². The van der Waals surface area contributed by atoms with E-state index in [1.807, 2.05) is 20.1 Å². The Morgan fingerprint density at radius 2 is 1.88 bits per heavy atom. The van der Waals surface area contributed by atoms with Crippen LogP contribution in [0, 0.1) is 29.0 Å². The molecule has 1 aromatic rings. The molecule has 12 heteroatoms. The first-order chi connectivity index (χ1) is 20.0. The minimum Gasteiger partial charge on any atom is -0.462 e. The average molecular weight is 622 g/mol. The summed E-state index contributed by atoms with van der Waals surface area (Å²) in [5, 5.41) is 3.02. The number of carbonyl (C=O) groups excluding carboxylic acids is 3. The van der Waals surface area contributed by atoms with Crippen molar-refractivity contribution in [2.24, 2.45) is 23.2 Å². The maximum Gasteiger partial charge on any atom is 0.514 e. The molecule has 1 aliphatic heterocycles. The summed E-state index contributed by atoms with van der Waals surface area (Å²) in [6.45, 7) is 15.3. The van der Waals surface area contributed by atoms with Gasteiger partial charge in [0.2, 0.25) is 5.91 Å². The SMILES string of the molecule is CSCC(=O)N[C@@H](Cc1ccc(F)c(C(=O)OCC(C)C)c1OC(=O)OC(C)(C)C)B1OC2C[C@@H]3C[C@@H](C3(C)C)[C@]2(C)O1. The van der Waals surface area contributed by atoms with E-state index < -0.39 is 47.8 Å². The van der Waals surface area contributed by atoms with Crippen molar-refractivity contribution >= 4 is 36.9 Å². The van der Waals surface area contributed by atoms with E-state index in [2.05, 4.69) is 26.1 Å². The van der Waals surface area contributed by atoms with Gasteiger partial charge in [0.25, 0.3) is 0 Å². The van der Waals surface area contributed by atoms with Gasteiger partial charge >= 0.3 is 19.2 Å². The molecule has 3 aliphatic carbocycles. The highest BCUT2D eigenvalue weighted by Gasteiger charge is 2.68. The van der Waals surface area contributed by atoms with Gasteiger partial charge in [-0.2, -0.15) is 11.8 Å². The van der Waals surface area contributed by atoms with Gasteiger partial charge in [-0.05, 0) is 88.0 Å². The zero-order chi connectivity index (χ0) is 31.9. The van der Waals surface area contributed by atoms with Gasteiger partial charge < -0.3 is 28.8 Å². The molecule has 0 radical (unpaired) electrons. The summed E-state index contributed by atoms with van der Waals surface area (Å²) in [5.41, 5.74) is -1.54. The summed E-state index contributed by atoms with van der Waals surface area (Å²) in [6, 6.07) is 2.55. The monoisotopic (exact) mass is 621 g/mol. The van der Waals surface area contributed by atoms with Crippen molar-refractivity contribution in [1.82, 2.24) is 5.32 Å². The minimum atomic E-state index is -1.10. The number of hydrogen-bond donors (Lipinski definition) is 1. The Hall–Kier alpha value is -2.31. The Kier molecular flexibility index (Phi) is 9.84. The van der Waals surface area contributed by atoms with E-state index >= 15 is 4.39 Å². The fourth-order valence-electron chi connectivity index (χ4n) is 6.64. The number of benzene rings is 1. The van der Waals surface area contributed by atoms with E-state index in [4.69, 9.17) is 23.5 Å². The lowest BCUT2D eigenvalue weighted by Gasteiger charge is -2.64. The summed E-state index contributed by atoms with van der Waals surface area (Å²) >= 11 is 1.37. The van der Waals surface area contributed by atoms with Crippen LogP contribution in [-0.2, 0) is 30.0 Å². The number of thioether (sulfide) groups is 1. The van der Waals surface area contributed by atoms with Crippen molar-refractivity contribution in [3.8, 4) is 5.75 Å². The van der Waals surface area contributed by atoms with Crippen LogP contribution in [0.4, 0.5) is 9.18 Å². The highest BCUT2D eigenvalue weighted by Crippen LogP contribution is 2.65. The fraction of sp³-hybridized carbons (Fsp3) is 0.710. The zero-order valence-electron chi connectivity index (χ0n) is 26.7. The molecule has 1 aromatic carbocycles. The van der Waals surface area contributed by atoms with E-state index in [1.165, 1.54) is 17.8 Å². The summed E-state index contributed by atoms with van der Waals surface area (Å²) in [7, 11) is -0.813. The predicted octanol–water partition coefficient (Wildman–Crippen LogP) is 5.61. The molecule has 2 bridgehead atoms. The lowest BCUT2D eigenvalue weighted by atomic mass is 9.43. The van der Waals surface area contributed by atoms with Crippen molar-refractivity contribution < 1.29 is 42.3 Å². The van der Waals surface area contributed by atoms with E-state index in [0.717, 1.165) is 18.9 Å². The normalized spacial score (nSPS) is 26.3. The lowest BCUT2D eigenvalue weighted by Crippen LogP contribution is -2.65. The third-order valence-corrected chi connectivity index (χ3v) is 9.43. The molecule has 1 unspecified atom stereocenters. The maximum absolute atomic E-state index is 15.3. The maximum atomic E-state index is 15.3. The molecule has 238 valence electrons. The van der Waals surface area contributed by atoms with Gasteiger partial charge in [0.15, 0.2) is 5.75 Å². The quantitative estimate of drug-likeness (QED) is 0.203. The highest BCUT2D eigenvalue weighted by molar-refractivity contribution is 7.99. The number of hydrogen-bond acceptors (Lipinski definition) is 9. The van der Waals surface area contributed by atoms with Gasteiger partial charge in [-0.25, -0.2) is 14.0 Å². The summed E-state index contributed by atoms with van der Waals surface area (Å²) < 4.78 is 44.6. The molecule has 1 N–H and O–H groups in total. The Labute approximate surface area is 258 Å². The molecule has 5 rings (SSSR count). The van der Waals surface area contributed by atoms with Crippen LogP contribution in [0.3, 0.4) is 0 Å². The van der Waals surface area contributed by atoms with Gasteiger partial charge in [-0.1, -0.05) is 33.8 Å². The number of esters is 1. The van der Waals surface area contributed by atoms with Crippen molar-refractivity contribution in [1.29, 1.82) is 0 Å². The molecule has 0 spiro atoms. The molecule has 43 heavy (non-hydrogen) atoms. The minimum absolute atomic E-state index is 0.000879. The first kappa shape index (κ1) is 33.6. The van der Waals surface area contributed by atoms with Crippen LogP contribution >= 0.6 is 11.8 Å². The van der Waals surface area contributed by atoms with Crippen LogP contribution in [-0.4, -0.2) is 67.0 Å². The smallest absolute Gasteiger partial charge is 0.462 e. The number of ether oxygens (including phenoxy) is 3. The number of nitrogens with one attached hydrogen (secondary N) is 1. The second-order valence-electron chi connectivity index (χ2n) is 14.1. The van der Waals surface area contributed by atoms with Crippen LogP contribution in [0.1, 0.15) is 84.2 Å². The molecular formula is C31H45BFNO8S. The Bertz CT molecular complexity index is 1240. The molecule has 4 aliphatic rings. The standard InChI is InChI=1S/C31H45BFNO8S/c1-17(2)15-38-27(36)25-20(33)11-10-18(26(25)39-28(37)40-29(3,4)5)12-23(34-24(35)16-43-9)32-41-22-14-19-13-21(30(19,6)7)31(22,8)42-32/h10-11,17,19,21-23H,12-16H2,1-9H3,(H,34,35)/t19-,21-,22?,23-,31-/m0/s1. The Morgan fingerprint density at radius 3 is 2.49 bits per heavy atom. The topological polar surface area (TPSA) is 109 Å². The van der Waals surface area contributed by atoms with E-state index in [-0.39, 0.29) is 53.4 Å². The second kappa shape index (κ2) is 12.6. The van der Waals surface area contributed by atoms with Crippen molar-refractivity contribution in [3.63, 3.8) is 0 Å². The molecular weight excluding hydrogens is 576 g/mol. The molecule has 4 fully saturated rings. The van der Waals surface area contributed by atoms with Crippen LogP contribution in [0.15, 0.2) is 12.1 Å². The van der Waals surface area contributed by atoms with Crippen LogP contribution in [0.5, 0.6) is 5.75 Å². The second-order valence-corrected chi connectivity index (χ2v) is 15.0. The van der Waals surface area contributed by atoms with Gasteiger partial charge in [0, 0.05) is 0 Å². The number of rotatable bonds is 10. The molecule has 5 atom stereocenters. The number of carbonyl (C=O) groups is 3. The zero-order valence-corrected chi connectivity index (χ0v) is 27.5. The molecule has 1 amide bonds. The van der Waals surface area contributed by atoms with Crippen LogP contribution in [0.2, 0.25) is 0 Å².